The molecule has 2 aliphatic rings. The number of fused-ring (bicyclic) bond motifs is 3. The minimum Gasteiger partial charge on any atom is -0.481 e. The summed E-state index contributed by atoms with van der Waals surface area (Å²) < 4.78 is 1.06. The molecule has 4 rings (SSSR count). The van der Waals surface area contributed by atoms with Gasteiger partial charge in [-0.15, -0.1) is 0 Å². The quantitative estimate of drug-likeness (QED) is 0.270. The normalized spacial score (nSPS) is 26.4. The van der Waals surface area contributed by atoms with Crippen LogP contribution in [0.1, 0.15) is 92.8 Å². The number of carbonyl (C=O) groups is 2. The van der Waals surface area contributed by atoms with Gasteiger partial charge in [0.1, 0.15) is 6.61 Å². The Kier molecular flexibility index (Phi) is 7.95. The molecule has 0 spiro atoms. The summed E-state index contributed by atoms with van der Waals surface area (Å²) in [5.74, 6) is -0.561. The zero-order chi connectivity index (χ0) is 26.1. The highest BCUT2D eigenvalue weighted by atomic mass is 79.9. The topological polar surface area (TPSA) is 88.0 Å². The predicted molar refractivity (Wildman–Crippen MR) is 147 cm³/mol. The van der Waals surface area contributed by atoms with E-state index in [0.717, 1.165) is 34.2 Å². The fourth-order valence-electron chi connectivity index (χ4n) is 5.99. The first kappa shape index (κ1) is 26.9. The predicted octanol–water partition coefficient (Wildman–Crippen LogP) is 6.73. The lowest BCUT2D eigenvalue weighted by Crippen LogP contribution is -2.53. The van der Waals surface area contributed by atoms with E-state index >= 15 is 0 Å². The first-order chi connectivity index (χ1) is 17.1. The van der Waals surface area contributed by atoms with Crippen LogP contribution in [-0.4, -0.2) is 35.8 Å². The number of thiophene rings is 1. The van der Waals surface area contributed by atoms with E-state index in [9.17, 15) is 14.7 Å². The van der Waals surface area contributed by atoms with Crippen molar-refractivity contribution >= 4 is 44.9 Å². The van der Waals surface area contributed by atoms with Crippen molar-refractivity contribution in [3.05, 3.63) is 55.7 Å². The Bertz CT molecular complexity index is 1160. The van der Waals surface area contributed by atoms with Crippen LogP contribution in [0.4, 0.5) is 0 Å². The molecule has 1 heterocycles. The molecule has 2 aromatic rings. The van der Waals surface area contributed by atoms with E-state index < -0.39 is 11.4 Å². The third kappa shape index (κ3) is 4.99. The lowest BCUT2D eigenvalue weighted by atomic mass is 9.49. The van der Waals surface area contributed by atoms with Crippen LogP contribution < -0.4 is 5.32 Å². The maximum absolute atomic E-state index is 12.5. The molecule has 0 saturated heterocycles. The Morgan fingerprint density at radius 1 is 1.31 bits per heavy atom. The highest BCUT2D eigenvalue weighted by Gasteiger charge is 2.56. The Hall–Kier alpha value is -2.19. The number of nitrogens with zero attached hydrogens (tertiary/aromatic N) is 1. The average molecular weight is 576 g/mol. The summed E-state index contributed by atoms with van der Waals surface area (Å²) in [5.41, 5.74) is 3.86. The third-order valence-electron chi connectivity index (χ3n) is 8.16. The molecule has 0 bridgehead atoms. The Balaban J connectivity index is 1.57. The van der Waals surface area contributed by atoms with Crippen LogP contribution in [0.25, 0.3) is 0 Å². The molecule has 2 N–H and O–H groups in total. The molecule has 1 aromatic carbocycles. The molecular formula is C28H35BrN2O4S. The number of carboxylic acid groups (broad SMARTS) is 1. The molecule has 8 heteroatoms. The molecule has 3 atom stereocenters. The van der Waals surface area contributed by atoms with Crippen molar-refractivity contribution in [2.24, 2.45) is 16.5 Å². The molecule has 36 heavy (non-hydrogen) atoms. The van der Waals surface area contributed by atoms with Crippen molar-refractivity contribution in [1.29, 1.82) is 0 Å². The van der Waals surface area contributed by atoms with Gasteiger partial charge >= 0.3 is 5.97 Å². The first-order valence-electron chi connectivity index (χ1n) is 12.6. The molecular weight excluding hydrogens is 540 g/mol. The molecule has 0 radical (unpaired) electrons. The third-order valence-corrected chi connectivity index (χ3v) is 9.53. The summed E-state index contributed by atoms with van der Waals surface area (Å²) in [6.07, 6.45) is 3.71. The van der Waals surface area contributed by atoms with Gasteiger partial charge in [0.05, 0.1) is 11.1 Å². The van der Waals surface area contributed by atoms with Crippen molar-refractivity contribution in [3.8, 4) is 0 Å². The SMILES string of the molecule is CC(C)c1cc2c(cc1Br)[C@@]1(C)CCC[C@@](C)(C(=O)O)[C@@H]1C/C2=N\OCCCNC(=O)c1ccsc1. The van der Waals surface area contributed by atoms with Gasteiger partial charge in [-0.1, -0.05) is 48.3 Å². The van der Waals surface area contributed by atoms with E-state index in [1.807, 2.05) is 17.7 Å². The number of hydrogen-bond acceptors (Lipinski definition) is 5. The van der Waals surface area contributed by atoms with Crippen LogP contribution in [0.2, 0.25) is 0 Å². The summed E-state index contributed by atoms with van der Waals surface area (Å²) in [6, 6.07) is 6.21. The minimum absolute atomic E-state index is 0.0761. The van der Waals surface area contributed by atoms with Gasteiger partial charge in [0.15, 0.2) is 0 Å². The smallest absolute Gasteiger partial charge is 0.309 e. The second-order valence-corrected chi connectivity index (χ2v) is 12.5. The monoisotopic (exact) mass is 574 g/mol. The lowest BCUT2D eigenvalue weighted by Gasteiger charge is -2.53. The second-order valence-electron chi connectivity index (χ2n) is 10.8. The van der Waals surface area contributed by atoms with E-state index in [2.05, 4.69) is 59.3 Å². The van der Waals surface area contributed by atoms with Crippen molar-refractivity contribution in [1.82, 2.24) is 5.32 Å². The highest BCUT2D eigenvalue weighted by molar-refractivity contribution is 9.10. The number of aliphatic carboxylic acids is 1. The van der Waals surface area contributed by atoms with Gasteiger partial charge in [-0.2, -0.15) is 11.3 Å². The van der Waals surface area contributed by atoms with Crippen LogP contribution in [0.3, 0.4) is 0 Å². The van der Waals surface area contributed by atoms with Gasteiger partial charge in [0.25, 0.3) is 5.91 Å². The maximum Gasteiger partial charge on any atom is 0.309 e. The Morgan fingerprint density at radius 2 is 2.08 bits per heavy atom. The van der Waals surface area contributed by atoms with Gasteiger partial charge in [0.2, 0.25) is 0 Å². The molecule has 6 nitrogen and oxygen atoms in total. The summed E-state index contributed by atoms with van der Waals surface area (Å²) in [4.78, 5) is 30.3. The lowest BCUT2D eigenvalue weighted by molar-refractivity contribution is -0.156. The highest BCUT2D eigenvalue weighted by Crippen LogP contribution is 2.58. The number of benzene rings is 1. The standard InChI is InChI=1S/C28H35BrN2O4S/c1-17(2)19-13-20-21(14-22(19)29)27(3)8-5-9-28(4,26(33)34)24(27)15-23(20)31-35-11-6-10-30-25(32)18-7-12-36-16-18/h7,12-14,16-17,24H,5-6,8-11,15H2,1-4H3,(H,30,32)(H,33,34)/b31-23+/t24-,27-,28-/m1/s1. The fraction of sp³-hybridized carbons (Fsp3) is 0.536. The Labute approximate surface area is 225 Å². The largest absolute Gasteiger partial charge is 0.481 e. The van der Waals surface area contributed by atoms with E-state index in [4.69, 9.17) is 4.84 Å². The van der Waals surface area contributed by atoms with E-state index in [0.29, 0.717) is 43.9 Å². The number of carbonyl (C=O) groups excluding carboxylic acids is 1. The van der Waals surface area contributed by atoms with E-state index in [1.165, 1.54) is 16.9 Å². The number of oxime groups is 1. The fourth-order valence-corrected chi connectivity index (χ4v) is 7.43. The van der Waals surface area contributed by atoms with Crippen molar-refractivity contribution in [2.75, 3.05) is 13.2 Å². The summed E-state index contributed by atoms with van der Waals surface area (Å²) in [7, 11) is 0. The molecule has 0 aliphatic heterocycles. The zero-order valence-corrected chi connectivity index (χ0v) is 23.8. The minimum atomic E-state index is -0.819. The van der Waals surface area contributed by atoms with Crippen molar-refractivity contribution in [2.45, 2.75) is 71.1 Å². The summed E-state index contributed by atoms with van der Waals surface area (Å²) in [6.45, 7) is 9.33. The van der Waals surface area contributed by atoms with Crippen molar-refractivity contribution < 1.29 is 19.5 Å². The zero-order valence-electron chi connectivity index (χ0n) is 21.4. The first-order valence-corrected chi connectivity index (χ1v) is 14.4. The van der Waals surface area contributed by atoms with Gasteiger partial charge < -0.3 is 15.3 Å². The summed E-state index contributed by atoms with van der Waals surface area (Å²) in [5, 5.41) is 21.4. The van der Waals surface area contributed by atoms with Crippen LogP contribution in [0, 0.1) is 11.3 Å². The number of halogens is 1. The molecule has 0 unspecified atom stereocenters. The number of amides is 1. The number of carboxylic acids is 1. The van der Waals surface area contributed by atoms with Crippen LogP contribution in [0.5, 0.6) is 0 Å². The van der Waals surface area contributed by atoms with Gasteiger partial charge in [-0.25, -0.2) is 0 Å². The van der Waals surface area contributed by atoms with E-state index in [1.54, 1.807) is 6.07 Å². The molecule has 1 fully saturated rings. The van der Waals surface area contributed by atoms with E-state index in [-0.39, 0.29) is 17.2 Å². The van der Waals surface area contributed by atoms with Crippen molar-refractivity contribution in [3.63, 3.8) is 0 Å². The van der Waals surface area contributed by atoms with Gasteiger partial charge in [-0.05, 0) is 78.1 Å². The second kappa shape index (κ2) is 10.7. The average Bonchev–Trinajstić information content (AvgIpc) is 3.37. The Morgan fingerprint density at radius 3 is 2.75 bits per heavy atom. The molecule has 1 aromatic heterocycles. The molecule has 1 saturated carbocycles. The molecule has 194 valence electrons. The number of nitrogens with one attached hydrogen (secondary N) is 1. The van der Waals surface area contributed by atoms with Gasteiger partial charge in [0, 0.05) is 33.9 Å². The molecule has 1 amide bonds. The van der Waals surface area contributed by atoms with Gasteiger partial charge in [-0.3, -0.25) is 9.59 Å². The summed E-state index contributed by atoms with van der Waals surface area (Å²) >= 11 is 5.27. The van der Waals surface area contributed by atoms with Crippen LogP contribution >= 0.6 is 27.3 Å². The van der Waals surface area contributed by atoms with Crippen LogP contribution in [0.15, 0.2) is 38.6 Å². The molecule has 2 aliphatic carbocycles. The van der Waals surface area contributed by atoms with Crippen LogP contribution in [-0.2, 0) is 15.0 Å². The number of rotatable bonds is 8. The number of hydrogen-bond donors (Lipinski definition) is 2. The maximum atomic E-state index is 12.5.